The number of carboxylic acid groups (broad SMARTS) is 1. The van der Waals surface area contributed by atoms with Gasteiger partial charge in [0.25, 0.3) is 5.60 Å². The Morgan fingerprint density at radius 1 is 0.757 bits per heavy atom. The molecule has 0 aromatic heterocycles. The molecule has 3 aromatic rings. The van der Waals surface area contributed by atoms with Crippen molar-refractivity contribution >= 4 is 5.97 Å². The maximum absolute atomic E-state index is 13.1. The minimum atomic E-state index is -5.99. The number of alkyl halides is 6. The number of hydrogen-bond acceptors (Lipinski definition) is 4. The highest BCUT2D eigenvalue weighted by atomic mass is 19.4. The van der Waals surface area contributed by atoms with Crippen LogP contribution in [0.4, 0.5) is 26.3 Å². The van der Waals surface area contributed by atoms with Crippen LogP contribution in [0.2, 0.25) is 0 Å². The topological polar surface area (TPSA) is 76.0 Å². The van der Waals surface area contributed by atoms with E-state index in [2.05, 4.69) is 0 Å². The summed E-state index contributed by atoms with van der Waals surface area (Å²) >= 11 is 0. The second kappa shape index (κ2) is 11.1. The second-order valence-electron chi connectivity index (χ2n) is 8.19. The Hall–Kier alpha value is -3.73. The minimum absolute atomic E-state index is 0.0308. The number of hydrogen-bond donors (Lipinski definition) is 2. The van der Waals surface area contributed by atoms with Gasteiger partial charge in [-0.1, -0.05) is 54.6 Å². The summed E-state index contributed by atoms with van der Waals surface area (Å²) in [5, 5.41) is 18.4. The smallest absolute Gasteiger partial charge is 0.430 e. The maximum Gasteiger partial charge on any atom is 0.430 e. The van der Waals surface area contributed by atoms with E-state index in [1.54, 1.807) is 42.5 Å². The number of aliphatic hydroxyl groups is 1. The summed E-state index contributed by atoms with van der Waals surface area (Å²) in [5.41, 5.74) is -5.02. The van der Waals surface area contributed by atoms with Crippen molar-refractivity contribution < 1.29 is 50.8 Å². The fourth-order valence-electron chi connectivity index (χ4n) is 3.53. The fourth-order valence-corrected chi connectivity index (χ4v) is 3.53. The van der Waals surface area contributed by atoms with Gasteiger partial charge in [-0.05, 0) is 35.4 Å². The van der Waals surface area contributed by atoms with Crippen LogP contribution in [-0.4, -0.2) is 41.2 Å². The number of halogens is 6. The largest absolute Gasteiger partial charge is 0.490 e. The van der Waals surface area contributed by atoms with Crippen molar-refractivity contribution in [2.24, 2.45) is 0 Å². The summed E-state index contributed by atoms with van der Waals surface area (Å²) in [6, 6.07) is 18.2. The Morgan fingerprint density at radius 2 is 1.30 bits per heavy atom. The predicted octanol–water partition coefficient (Wildman–Crippen LogP) is 5.70. The molecule has 0 spiro atoms. The molecule has 0 fully saturated rings. The number of carbonyl (C=O) groups is 1. The van der Waals surface area contributed by atoms with E-state index in [4.69, 9.17) is 14.6 Å². The third kappa shape index (κ3) is 6.94. The van der Waals surface area contributed by atoms with E-state index in [9.17, 15) is 36.2 Å². The van der Waals surface area contributed by atoms with Gasteiger partial charge in [0.2, 0.25) is 0 Å². The quantitative estimate of drug-likeness (QED) is 0.331. The number of benzene rings is 3. The molecule has 5 nitrogen and oxygen atoms in total. The Kier molecular flexibility index (Phi) is 8.37. The zero-order chi connectivity index (χ0) is 27.3. The number of rotatable bonds is 10. The molecule has 0 saturated heterocycles. The van der Waals surface area contributed by atoms with Crippen molar-refractivity contribution in [3.05, 3.63) is 95.6 Å². The van der Waals surface area contributed by atoms with E-state index in [-0.39, 0.29) is 18.8 Å². The fraction of sp³-hybridized carbons (Fsp3) is 0.269. The second-order valence-corrected chi connectivity index (χ2v) is 8.19. The normalized spacial score (nSPS) is 13.2. The lowest BCUT2D eigenvalue weighted by molar-refractivity contribution is -0.376. The van der Waals surface area contributed by atoms with Gasteiger partial charge in [0.15, 0.2) is 0 Å². The van der Waals surface area contributed by atoms with E-state index in [1.807, 2.05) is 12.1 Å². The summed E-state index contributed by atoms with van der Waals surface area (Å²) in [5.74, 6) is -0.608. The van der Waals surface area contributed by atoms with Crippen molar-refractivity contribution in [1.82, 2.24) is 0 Å². The third-order valence-corrected chi connectivity index (χ3v) is 5.42. The zero-order valence-electron chi connectivity index (χ0n) is 19.1. The molecular formula is C26H22F6O5. The van der Waals surface area contributed by atoms with Crippen molar-refractivity contribution in [2.75, 3.05) is 6.61 Å². The van der Waals surface area contributed by atoms with Crippen molar-refractivity contribution in [3.8, 4) is 11.5 Å². The van der Waals surface area contributed by atoms with E-state index in [1.165, 1.54) is 0 Å². The molecule has 0 aliphatic rings. The zero-order valence-corrected chi connectivity index (χ0v) is 19.1. The molecule has 3 rings (SSSR count). The lowest BCUT2D eigenvalue weighted by Gasteiger charge is -2.32. The van der Waals surface area contributed by atoms with Crippen LogP contribution in [-0.2, 0) is 23.2 Å². The van der Waals surface area contributed by atoms with Gasteiger partial charge in [-0.2, -0.15) is 26.3 Å². The van der Waals surface area contributed by atoms with Crippen LogP contribution in [0, 0.1) is 0 Å². The first kappa shape index (κ1) is 27.9. The lowest BCUT2D eigenvalue weighted by Crippen LogP contribution is -2.53. The Labute approximate surface area is 207 Å². The first-order valence-electron chi connectivity index (χ1n) is 10.9. The van der Waals surface area contributed by atoms with Crippen molar-refractivity contribution in [1.29, 1.82) is 0 Å². The first-order valence-corrected chi connectivity index (χ1v) is 10.9. The van der Waals surface area contributed by atoms with Crippen LogP contribution in [0.15, 0.2) is 78.9 Å². The van der Waals surface area contributed by atoms with Crippen LogP contribution in [0.3, 0.4) is 0 Å². The molecule has 0 unspecified atom stereocenters. The standard InChI is InChI=1S/C26H22F6O5/c27-25(28,29)24(35,26(30,31)32)19-8-12-21(13-9-19)37-22(14-17-4-2-1-3-5-17)16-36-20-10-6-18(7-11-20)15-23(33)34/h1-13,22,35H,14-16H2,(H,33,34)/t22-/m0/s1. The summed E-state index contributed by atoms with van der Waals surface area (Å²) in [6.07, 6.45) is -12.5. The number of ether oxygens (including phenoxy) is 2. The van der Waals surface area contributed by atoms with E-state index >= 15 is 0 Å². The average molecular weight is 528 g/mol. The molecule has 0 heterocycles. The molecule has 0 bridgehead atoms. The molecule has 1 atom stereocenters. The Balaban J connectivity index is 1.77. The number of carboxylic acids is 1. The number of aliphatic carboxylic acids is 1. The highest BCUT2D eigenvalue weighted by Gasteiger charge is 2.71. The van der Waals surface area contributed by atoms with E-state index in [0.717, 1.165) is 17.7 Å². The maximum atomic E-state index is 13.1. The predicted molar refractivity (Wildman–Crippen MR) is 120 cm³/mol. The van der Waals surface area contributed by atoms with E-state index < -0.39 is 35.6 Å². The van der Waals surface area contributed by atoms with Gasteiger partial charge >= 0.3 is 18.3 Å². The molecule has 0 radical (unpaired) electrons. The monoisotopic (exact) mass is 528 g/mol. The first-order chi connectivity index (χ1) is 17.3. The van der Waals surface area contributed by atoms with Gasteiger partial charge in [-0.15, -0.1) is 0 Å². The van der Waals surface area contributed by atoms with Gasteiger partial charge in [0.1, 0.15) is 24.2 Å². The summed E-state index contributed by atoms with van der Waals surface area (Å²) < 4.78 is 90.4. The minimum Gasteiger partial charge on any atom is -0.490 e. The van der Waals surface area contributed by atoms with Crippen molar-refractivity contribution in [3.63, 3.8) is 0 Å². The molecule has 198 valence electrons. The molecule has 0 aliphatic carbocycles. The average Bonchev–Trinajstić information content (AvgIpc) is 2.82. The molecule has 0 saturated carbocycles. The summed E-state index contributed by atoms with van der Waals surface area (Å²) in [6.45, 7) is -0.0377. The van der Waals surface area contributed by atoms with Gasteiger partial charge in [0.05, 0.1) is 6.42 Å². The molecule has 37 heavy (non-hydrogen) atoms. The summed E-state index contributed by atoms with van der Waals surface area (Å²) in [4.78, 5) is 10.8. The third-order valence-electron chi connectivity index (χ3n) is 5.42. The lowest BCUT2D eigenvalue weighted by atomic mass is 9.92. The van der Waals surface area contributed by atoms with Crippen LogP contribution in [0.5, 0.6) is 11.5 Å². The molecule has 0 amide bonds. The highest BCUT2D eigenvalue weighted by molar-refractivity contribution is 5.70. The molecule has 2 N–H and O–H groups in total. The van der Waals surface area contributed by atoms with E-state index in [0.29, 0.717) is 29.9 Å². The van der Waals surface area contributed by atoms with Gasteiger partial charge in [-0.3, -0.25) is 4.79 Å². The van der Waals surface area contributed by atoms with Crippen LogP contribution >= 0.6 is 0 Å². The van der Waals surface area contributed by atoms with Gasteiger partial charge in [0, 0.05) is 12.0 Å². The van der Waals surface area contributed by atoms with Crippen LogP contribution in [0.25, 0.3) is 0 Å². The van der Waals surface area contributed by atoms with Gasteiger partial charge < -0.3 is 19.7 Å². The molecule has 3 aromatic carbocycles. The highest BCUT2D eigenvalue weighted by Crippen LogP contribution is 2.50. The van der Waals surface area contributed by atoms with Crippen LogP contribution in [0.1, 0.15) is 16.7 Å². The summed E-state index contributed by atoms with van der Waals surface area (Å²) in [7, 11) is 0. The molecule has 11 heteroatoms. The van der Waals surface area contributed by atoms with Gasteiger partial charge in [-0.25, -0.2) is 0 Å². The molecular weight excluding hydrogens is 506 g/mol. The SMILES string of the molecule is O=C(O)Cc1ccc(OC[C@H](Cc2ccccc2)Oc2ccc(C(O)(C(F)(F)F)C(F)(F)F)cc2)cc1. The Bertz CT molecular complexity index is 1150. The van der Waals surface area contributed by atoms with Crippen molar-refractivity contribution in [2.45, 2.75) is 36.9 Å². The Morgan fingerprint density at radius 3 is 1.81 bits per heavy atom. The van der Waals surface area contributed by atoms with Crippen LogP contribution < -0.4 is 9.47 Å². The molecule has 0 aliphatic heterocycles.